The third kappa shape index (κ3) is 1.79. The van der Waals surface area contributed by atoms with Crippen LogP contribution in [0.3, 0.4) is 0 Å². The predicted octanol–water partition coefficient (Wildman–Crippen LogP) is 0.0996. The Kier molecular flexibility index (Phi) is 2.91. The molecule has 2 heteroatoms. The van der Waals surface area contributed by atoms with Crippen LogP contribution < -0.4 is 4.46 Å². The molecule has 1 aromatic rings. The zero-order chi connectivity index (χ0) is 5.82. The molecular formula is C6H5MgSe+. The summed E-state index contributed by atoms with van der Waals surface area (Å²) in [5, 5.41) is 0. The fourth-order valence-corrected chi connectivity index (χ4v) is 2.25. The fraction of sp³-hybridized carbons (Fsp3) is 0. The van der Waals surface area contributed by atoms with Crippen molar-refractivity contribution in [3.8, 4) is 0 Å². The third-order valence-electron chi connectivity index (χ3n) is 0.910. The van der Waals surface area contributed by atoms with E-state index in [2.05, 4.69) is 30.3 Å². The average molecular weight is 180 g/mol. The van der Waals surface area contributed by atoms with Gasteiger partial charge in [0.25, 0.3) is 0 Å². The van der Waals surface area contributed by atoms with Crippen LogP contribution >= 0.6 is 0 Å². The molecule has 0 heterocycles. The first-order chi connectivity index (χ1) is 3.93. The molecule has 0 aliphatic heterocycles. The van der Waals surface area contributed by atoms with Gasteiger partial charge in [0.05, 0.1) is 0 Å². The molecule has 0 fully saturated rings. The van der Waals surface area contributed by atoms with Crippen molar-refractivity contribution in [1.82, 2.24) is 0 Å². The Morgan fingerprint density at radius 1 is 1.12 bits per heavy atom. The van der Waals surface area contributed by atoms with Gasteiger partial charge in [0.2, 0.25) is 0 Å². The summed E-state index contributed by atoms with van der Waals surface area (Å²) < 4.78 is 1.48. The molecule has 0 saturated heterocycles. The van der Waals surface area contributed by atoms with Crippen LogP contribution in [0, 0.1) is 0 Å². The van der Waals surface area contributed by atoms with E-state index in [1.165, 1.54) is 4.46 Å². The molecule has 0 nitrogen and oxygen atoms in total. The quantitative estimate of drug-likeness (QED) is 0.538. The summed E-state index contributed by atoms with van der Waals surface area (Å²) in [6, 6.07) is 10.6. The summed E-state index contributed by atoms with van der Waals surface area (Å²) in [4.78, 5) is 0. The van der Waals surface area contributed by atoms with Gasteiger partial charge in [-0.2, -0.15) is 0 Å². The van der Waals surface area contributed by atoms with Gasteiger partial charge in [-0.3, -0.25) is 0 Å². The molecule has 0 saturated carbocycles. The van der Waals surface area contributed by atoms with Crippen LogP contribution in [0.5, 0.6) is 0 Å². The number of rotatable bonds is 1. The molecule has 0 aromatic heterocycles. The summed E-state index contributed by atoms with van der Waals surface area (Å²) in [5.41, 5.74) is 0. The van der Waals surface area contributed by atoms with E-state index in [1.54, 1.807) is 0 Å². The Bertz CT molecular complexity index is 150. The molecule has 0 radical (unpaired) electrons. The summed E-state index contributed by atoms with van der Waals surface area (Å²) in [6.45, 7) is 0. The summed E-state index contributed by atoms with van der Waals surface area (Å²) in [7, 11) is 0. The van der Waals surface area contributed by atoms with Crippen molar-refractivity contribution >= 4 is 35.9 Å². The van der Waals surface area contributed by atoms with Crippen molar-refractivity contribution in [2.75, 3.05) is 0 Å². The molecule has 0 bridgehead atoms. The van der Waals surface area contributed by atoms with Gasteiger partial charge < -0.3 is 0 Å². The number of hydrogen-bond donors (Lipinski definition) is 0. The van der Waals surface area contributed by atoms with E-state index in [4.69, 9.17) is 0 Å². The first kappa shape index (κ1) is 6.62. The summed E-state index contributed by atoms with van der Waals surface area (Å²) >= 11 is 2.74. The molecule has 0 spiro atoms. The minimum absolute atomic E-state index is 0.696. The first-order valence-corrected chi connectivity index (χ1v) is 7.47. The normalized spacial score (nSPS) is 9.25. The summed E-state index contributed by atoms with van der Waals surface area (Å²) in [5.74, 6) is 0. The Morgan fingerprint density at radius 2 is 1.75 bits per heavy atom. The van der Waals surface area contributed by atoms with E-state index in [9.17, 15) is 0 Å². The second kappa shape index (κ2) is 3.52. The molecular weight excluding hydrogens is 175 g/mol. The van der Waals surface area contributed by atoms with Crippen LogP contribution in [0.15, 0.2) is 30.3 Å². The van der Waals surface area contributed by atoms with E-state index in [0.717, 1.165) is 0 Å². The van der Waals surface area contributed by atoms with E-state index in [-0.39, 0.29) is 0 Å². The SMILES string of the molecule is [Mg+][Se]c1ccccc1. The molecule has 0 aliphatic rings. The van der Waals surface area contributed by atoms with Gasteiger partial charge in [0, 0.05) is 0 Å². The molecule has 0 aliphatic carbocycles. The van der Waals surface area contributed by atoms with Gasteiger partial charge in [-0.05, 0) is 0 Å². The van der Waals surface area contributed by atoms with Crippen molar-refractivity contribution in [2.45, 2.75) is 0 Å². The van der Waals surface area contributed by atoms with Crippen molar-refractivity contribution in [2.24, 2.45) is 0 Å². The van der Waals surface area contributed by atoms with Gasteiger partial charge in [0.15, 0.2) is 0 Å². The predicted molar refractivity (Wildman–Crippen MR) is 37.6 cm³/mol. The molecule has 1 rings (SSSR count). The van der Waals surface area contributed by atoms with Gasteiger partial charge in [-0.25, -0.2) is 0 Å². The van der Waals surface area contributed by atoms with Crippen molar-refractivity contribution in [1.29, 1.82) is 0 Å². The molecule has 8 heavy (non-hydrogen) atoms. The van der Waals surface area contributed by atoms with Crippen molar-refractivity contribution in [3.05, 3.63) is 30.3 Å². The fourth-order valence-electron chi connectivity index (χ4n) is 0.517. The summed E-state index contributed by atoms with van der Waals surface area (Å²) in [6.07, 6.45) is 0. The third-order valence-corrected chi connectivity index (χ3v) is 3.91. The number of benzene rings is 1. The van der Waals surface area contributed by atoms with Crippen molar-refractivity contribution < 1.29 is 0 Å². The van der Waals surface area contributed by atoms with Crippen molar-refractivity contribution in [3.63, 3.8) is 0 Å². The van der Waals surface area contributed by atoms with Crippen LogP contribution in [0.1, 0.15) is 0 Å². The molecule has 0 atom stereocenters. The minimum atomic E-state index is 0.696. The first-order valence-electron chi connectivity index (χ1n) is 2.40. The molecule has 0 amide bonds. The van der Waals surface area contributed by atoms with E-state index < -0.39 is 0 Å². The molecule has 36 valence electrons. The second-order valence-electron chi connectivity index (χ2n) is 1.46. The van der Waals surface area contributed by atoms with Gasteiger partial charge in [0.1, 0.15) is 0 Å². The van der Waals surface area contributed by atoms with Gasteiger partial charge in [-0.1, -0.05) is 0 Å². The topological polar surface area (TPSA) is 0 Å². The maximum atomic E-state index is 2.17. The van der Waals surface area contributed by atoms with E-state index in [0.29, 0.717) is 11.9 Å². The van der Waals surface area contributed by atoms with Gasteiger partial charge >= 0.3 is 66.2 Å². The van der Waals surface area contributed by atoms with Crippen LogP contribution in [-0.4, -0.2) is 31.4 Å². The Balaban J connectivity index is 2.83. The van der Waals surface area contributed by atoms with Crippen LogP contribution in [0.2, 0.25) is 0 Å². The second-order valence-corrected chi connectivity index (χ2v) is 4.55. The monoisotopic (exact) mass is 181 g/mol. The maximum absolute atomic E-state index is 2.17. The Morgan fingerprint density at radius 3 is 2.12 bits per heavy atom. The Labute approximate surface area is 66.0 Å². The van der Waals surface area contributed by atoms with E-state index >= 15 is 0 Å². The molecule has 0 N–H and O–H groups in total. The number of hydrogen-bond acceptors (Lipinski definition) is 0. The van der Waals surface area contributed by atoms with Crippen LogP contribution in [-0.2, 0) is 0 Å². The van der Waals surface area contributed by atoms with Gasteiger partial charge in [-0.15, -0.1) is 0 Å². The molecule has 0 unspecified atom stereocenters. The standard InChI is InChI=1S/C6H6Se.Mg/c7-6-4-2-1-3-5-6;/h1-5,7H;/q;+2/p-1. The van der Waals surface area contributed by atoms with Crippen LogP contribution in [0.25, 0.3) is 0 Å². The zero-order valence-corrected chi connectivity index (χ0v) is 7.63. The zero-order valence-electron chi connectivity index (χ0n) is 4.50. The Hall–Kier alpha value is 0.506. The average Bonchev–Trinajstić information content (AvgIpc) is 1.90. The molecule has 1 aromatic carbocycles. The van der Waals surface area contributed by atoms with E-state index in [1.807, 2.05) is 19.5 Å². The van der Waals surface area contributed by atoms with Crippen LogP contribution in [0.4, 0.5) is 0 Å².